The first kappa shape index (κ1) is 17.3. The van der Waals surface area contributed by atoms with E-state index in [4.69, 9.17) is 0 Å². The minimum Gasteiger partial charge on any atom is -0.356 e. The highest BCUT2D eigenvalue weighted by molar-refractivity contribution is 5.45. The van der Waals surface area contributed by atoms with Gasteiger partial charge in [0.25, 0.3) is 0 Å². The maximum absolute atomic E-state index is 4.55. The Balaban J connectivity index is 1.27. The molecule has 0 radical (unpaired) electrons. The van der Waals surface area contributed by atoms with Gasteiger partial charge in [-0.2, -0.15) is 5.10 Å². The summed E-state index contributed by atoms with van der Waals surface area (Å²) in [6.45, 7) is 9.28. The van der Waals surface area contributed by atoms with Gasteiger partial charge in [0.1, 0.15) is 12.1 Å². The van der Waals surface area contributed by atoms with Gasteiger partial charge in [-0.15, -0.1) is 5.10 Å². The van der Waals surface area contributed by atoms with E-state index in [1.807, 2.05) is 36.5 Å². The van der Waals surface area contributed by atoms with Crippen molar-refractivity contribution in [1.29, 1.82) is 0 Å². The van der Waals surface area contributed by atoms with Gasteiger partial charge in [-0.1, -0.05) is 5.21 Å². The summed E-state index contributed by atoms with van der Waals surface area (Å²) in [5.41, 5.74) is 3.25. The number of aryl methyl sites for hydroxylation is 3. The van der Waals surface area contributed by atoms with E-state index >= 15 is 0 Å². The maximum Gasteiger partial charge on any atom is 0.159 e. The van der Waals surface area contributed by atoms with Crippen LogP contribution in [0.4, 0.5) is 5.82 Å². The van der Waals surface area contributed by atoms with Gasteiger partial charge >= 0.3 is 0 Å². The van der Waals surface area contributed by atoms with Crippen molar-refractivity contribution in [3.8, 4) is 5.82 Å². The van der Waals surface area contributed by atoms with Crippen LogP contribution in [0.25, 0.3) is 5.82 Å². The topological polar surface area (TPSA) is 80.8 Å². The van der Waals surface area contributed by atoms with Crippen molar-refractivity contribution in [2.75, 3.05) is 31.1 Å². The lowest BCUT2D eigenvalue weighted by Crippen LogP contribution is -2.29. The molecule has 28 heavy (non-hydrogen) atoms. The third-order valence-corrected chi connectivity index (χ3v) is 5.94. The third kappa shape index (κ3) is 3.05. The second kappa shape index (κ2) is 6.66. The van der Waals surface area contributed by atoms with Gasteiger partial charge in [0, 0.05) is 51.5 Å². The first-order valence-corrected chi connectivity index (χ1v) is 9.73. The van der Waals surface area contributed by atoms with Crippen molar-refractivity contribution in [3.05, 3.63) is 41.7 Å². The summed E-state index contributed by atoms with van der Waals surface area (Å²) in [4.78, 5) is 13.9. The fraction of sp³-hybridized carbons (Fsp3) is 0.526. The fourth-order valence-electron chi connectivity index (χ4n) is 4.58. The molecular weight excluding hydrogens is 354 g/mol. The summed E-state index contributed by atoms with van der Waals surface area (Å²) < 4.78 is 3.75. The molecule has 2 atom stereocenters. The lowest BCUT2D eigenvalue weighted by molar-refractivity contribution is 0.300. The maximum atomic E-state index is 4.55. The summed E-state index contributed by atoms with van der Waals surface area (Å²) in [5, 5.41) is 12.6. The van der Waals surface area contributed by atoms with Gasteiger partial charge in [-0.3, -0.25) is 9.58 Å². The summed E-state index contributed by atoms with van der Waals surface area (Å²) in [5.74, 6) is 3.17. The monoisotopic (exact) mass is 379 g/mol. The van der Waals surface area contributed by atoms with E-state index < -0.39 is 0 Å². The fourth-order valence-corrected chi connectivity index (χ4v) is 4.58. The molecule has 146 valence electrons. The van der Waals surface area contributed by atoms with Gasteiger partial charge in [-0.25, -0.2) is 14.6 Å². The zero-order chi connectivity index (χ0) is 19.3. The average molecular weight is 379 g/mol. The van der Waals surface area contributed by atoms with E-state index in [2.05, 4.69) is 47.3 Å². The van der Waals surface area contributed by atoms with Crippen molar-refractivity contribution in [1.82, 2.24) is 39.6 Å². The summed E-state index contributed by atoms with van der Waals surface area (Å²) in [7, 11) is 1.95. The molecule has 5 heterocycles. The smallest absolute Gasteiger partial charge is 0.159 e. The zero-order valence-electron chi connectivity index (χ0n) is 16.5. The highest BCUT2D eigenvalue weighted by Gasteiger charge is 2.40. The Morgan fingerprint density at radius 1 is 1.00 bits per heavy atom. The number of aromatic nitrogens is 7. The Hall–Kier alpha value is -2.81. The highest BCUT2D eigenvalue weighted by atomic mass is 15.4. The van der Waals surface area contributed by atoms with Crippen LogP contribution in [0.3, 0.4) is 0 Å². The number of fused-ring (bicyclic) bond motifs is 1. The van der Waals surface area contributed by atoms with Crippen LogP contribution < -0.4 is 4.90 Å². The minimum atomic E-state index is 0.674. The zero-order valence-corrected chi connectivity index (χ0v) is 16.5. The number of rotatable bonds is 4. The predicted octanol–water partition coefficient (Wildman–Crippen LogP) is 0.976. The lowest BCUT2D eigenvalue weighted by Gasteiger charge is -2.22. The molecule has 2 aliphatic rings. The van der Waals surface area contributed by atoms with Gasteiger partial charge < -0.3 is 4.90 Å². The van der Waals surface area contributed by atoms with Crippen LogP contribution in [0.1, 0.15) is 17.1 Å². The van der Waals surface area contributed by atoms with Crippen LogP contribution in [0, 0.1) is 25.7 Å². The number of nitrogens with zero attached hydrogens (tertiary/aromatic N) is 9. The number of hydrogen-bond acceptors (Lipinski definition) is 7. The SMILES string of the molecule is Cc1cc(C)n(-c2cc(N3CC4CN(Cc5cnnn5C)CC4C3)ncn2)n1. The Labute approximate surface area is 164 Å². The number of anilines is 1. The Morgan fingerprint density at radius 2 is 1.75 bits per heavy atom. The van der Waals surface area contributed by atoms with E-state index in [0.717, 1.165) is 55.7 Å². The Kier molecular flexibility index (Phi) is 4.12. The quantitative estimate of drug-likeness (QED) is 0.668. The average Bonchev–Trinajstić information content (AvgIpc) is 3.41. The molecule has 0 amide bonds. The highest BCUT2D eigenvalue weighted by Crippen LogP contribution is 2.34. The molecule has 5 rings (SSSR count). The van der Waals surface area contributed by atoms with Gasteiger partial charge in [0.15, 0.2) is 5.82 Å². The largest absolute Gasteiger partial charge is 0.356 e. The number of hydrogen-bond donors (Lipinski definition) is 0. The summed E-state index contributed by atoms with van der Waals surface area (Å²) in [6, 6.07) is 4.12. The molecule has 0 saturated carbocycles. The van der Waals surface area contributed by atoms with E-state index in [0.29, 0.717) is 11.8 Å². The molecule has 0 N–H and O–H groups in total. The second-order valence-electron chi connectivity index (χ2n) is 8.04. The summed E-state index contributed by atoms with van der Waals surface area (Å²) in [6.07, 6.45) is 3.51. The van der Waals surface area contributed by atoms with Crippen molar-refractivity contribution >= 4 is 5.82 Å². The Morgan fingerprint density at radius 3 is 2.39 bits per heavy atom. The molecule has 2 fully saturated rings. The second-order valence-corrected chi connectivity index (χ2v) is 8.04. The van der Waals surface area contributed by atoms with Gasteiger partial charge in [0.05, 0.1) is 17.6 Å². The van der Waals surface area contributed by atoms with Crippen LogP contribution in [0.15, 0.2) is 24.7 Å². The molecule has 2 unspecified atom stereocenters. The Bertz CT molecular complexity index is 977. The van der Waals surface area contributed by atoms with E-state index in [1.54, 1.807) is 6.33 Å². The van der Waals surface area contributed by atoms with Crippen LogP contribution in [0.5, 0.6) is 0 Å². The molecular formula is C19H25N9. The van der Waals surface area contributed by atoms with Crippen LogP contribution >= 0.6 is 0 Å². The standard InChI is InChI=1S/C19H25N9/c1-13-4-14(2)28(23-13)19-5-18(20-12-21-19)27-9-15-7-26(8-16(15)10-27)11-17-6-22-24-25(17)3/h4-6,12,15-16H,7-11H2,1-3H3. The molecule has 0 aromatic carbocycles. The molecule has 3 aromatic rings. The summed E-state index contributed by atoms with van der Waals surface area (Å²) >= 11 is 0. The van der Waals surface area contributed by atoms with Crippen molar-refractivity contribution < 1.29 is 0 Å². The first-order valence-electron chi connectivity index (χ1n) is 9.73. The van der Waals surface area contributed by atoms with Crippen LogP contribution in [-0.4, -0.2) is 65.8 Å². The predicted molar refractivity (Wildman–Crippen MR) is 104 cm³/mol. The molecule has 2 aliphatic heterocycles. The minimum absolute atomic E-state index is 0.674. The van der Waals surface area contributed by atoms with Crippen LogP contribution in [0.2, 0.25) is 0 Å². The molecule has 9 heteroatoms. The van der Waals surface area contributed by atoms with Crippen LogP contribution in [-0.2, 0) is 13.6 Å². The van der Waals surface area contributed by atoms with Crippen molar-refractivity contribution in [2.45, 2.75) is 20.4 Å². The first-order chi connectivity index (χ1) is 13.6. The molecule has 0 spiro atoms. The lowest BCUT2D eigenvalue weighted by atomic mass is 10.0. The number of likely N-dealkylation sites (tertiary alicyclic amines) is 1. The third-order valence-electron chi connectivity index (χ3n) is 5.94. The van der Waals surface area contributed by atoms with Gasteiger partial charge in [-0.05, 0) is 31.7 Å². The normalized spacial score (nSPS) is 22.2. The molecule has 0 aliphatic carbocycles. The molecule has 2 saturated heterocycles. The van der Waals surface area contributed by atoms with Crippen molar-refractivity contribution in [3.63, 3.8) is 0 Å². The molecule has 9 nitrogen and oxygen atoms in total. The van der Waals surface area contributed by atoms with Gasteiger partial charge in [0.2, 0.25) is 0 Å². The molecule has 3 aromatic heterocycles. The van der Waals surface area contributed by atoms with Crippen molar-refractivity contribution in [2.24, 2.45) is 18.9 Å². The van der Waals surface area contributed by atoms with E-state index in [-0.39, 0.29) is 0 Å². The molecule has 0 bridgehead atoms. The van der Waals surface area contributed by atoms with E-state index in [9.17, 15) is 0 Å². The van der Waals surface area contributed by atoms with E-state index in [1.165, 1.54) is 5.69 Å².